The first-order valence-electron chi connectivity index (χ1n) is 7.06. The maximum atomic E-state index is 6.05. The van der Waals surface area contributed by atoms with Crippen molar-refractivity contribution in [1.82, 2.24) is 0 Å². The van der Waals surface area contributed by atoms with Crippen LogP contribution < -0.4 is 5.73 Å². The Balaban J connectivity index is 2.25. The van der Waals surface area contributed by atoms with Gasteiger partial charge in [-0.05, 0) is 25.7 Å². The topological polar surface area (TPSA) is 26.0 Å². The highest BCUT2D eigenvalue weighted by molar-refractivity contribution is 4.69. The Labute approximate surface area is 95.8 Å². The molecule has 0 amide bonds. The fourth-order valence-corrected chi connectivity index (χ4v) is 2.72. The molecule has 1 heteroatoms. The molecule has 0 bridgehead atoms. The summed E-state index contributed by atoms with van der Waals surface area (Å²) in [5.74, 6) is 0.796. The summed E-state index contributed by atoms with van der Waals surface area (Å²) in [6.45, 7) is 2.19. The summed E-state index contributed by atoms with van der Waals surface area (Å²) < 4.78 is 0. The van der Waals surface area contributed by atoms with Gasteiger partial charge in [0, 0.05) is 6.04 Å². The number of nitrogens with two attached hydrogens (primary N) is 1. The van der Waals surface area contributed by atoms with E-state index < -0.39 is 0 Å². The van der Waals surface area contributed by atoms with Gasteiger partial charge < -0.3 is 5.73 Å². The Hall–Kier alpha value is -0.0400. The maximum Gasteiger partial charge on any atom is 0.00387 e. The molecule has 1 aliphatic carbocycles. The average molecular weight is 211 g/mol. The minimum atomic E-state index is 0.410. The fourth-order valence-electron chi connectivity index (χ4n) is 2.72. The van der Waals surface area contributed by atoms with E-state index in [4.69, 9.17) is 5.73 Å². The molecule has 1 aliphatic rings. The quantitative estimate of drug-likeness (QED) is 0.689. The van der Waals surface area contributed by atoms with Crippen molar-refractivity contribution in [2.75, 3.05) is 0 Å². The van der Waals surface area contributed by atoms with Gasteiger partial charge in [-0.25, -0.2) is 0 Å². The monoisotopic (exact) mass is 211 g/mol. The summed E-state index contributed by atoms with van der Waals surface area (Å²) in [4.78, 5) is 0. The molecule has 0 aromatic heterocycles. The third kappa shape index (κ3) is 6.19. The van der Waals surface area contributed by atoms with E-state index >= 15 is 0 Å². The highest BCUT2D eigenvalue weighted by atomic mass is 14.6. The van der Waals surface area contributed by atoms with Crippen LogP contribution in [0.4, 0.5) is 0 Å². The fraction of sp³-hybridized carbons (Fsp3) is 1.00. The van der Waals surface area contributed by atoms with Crippen LogP contribution in [0.2, 0.25) is 0 Å². The van der Waals surface area contributed by atoms with Gasteiger partial charge in [-0.15, -0.1) is 0 Å². The Kier molecular flexibility index (Phi) is 7.08. The van der Waals surface area contributed by atoms with Crippen LogP contribution in [-0.2, 0) is 0 Å². The van der Waals surface area contributed by atoms with Gasteiger partial charge in [0.05, 0.1) is 0 Å². The lowest BCUT2D eigenvalue weighted by Crippen LogP contribution is -2.26. The van der Waals surface area contributed by atoms with Gasteiger partial charge in [0.2, 0.25) is 0 Å². The highest BCUT2D eigenvalue weighted by Crippen LogP contribution is 2.22. The Morgan fingerprint density at radius 2 is 1.07 bits per heavy atom. The maximum absolute atomic E-state index is 6.05. The van der Waals surface area contributed by atoms with Crippen molar-refractivity contribution in [3.63, 3.8) is 0 Å². The summed E-state index contributed by atoms with van der Waals surface area (Å²) in [6, 6.07) is 0.410. The van der Waals surface area contributed by atoms with E-state index in [-0.39, 0.29) is 0 Å². The van der Waals surface area contributed by atoms with E-state index in [1.54, 1.807) is 0 Å². The molecule has 15 heavy (non-hydrogen) atoms. The second-order valence-electron chi connectivity index (χ2n) is 5.38. The molecule has 1 rings (SSSR count). The zero-order valence-electron chi connectivity index (χ0n) is 10.5. The molecule has 0 aromatic carbocycles. The smallest absolute Gasteiger partial charge is 0.00387 e. The van der Waals surface area contributed by atoms with E-state index in [1.165, 1.54) is 70.6 Å². The third-order valence-electron chi connectivity index (χ3n) is 3.89. The molecule has 1 saturated carbocycles. The zero-order chi connectivity index (χ0) is 10.9. The van der Waals surface area contributed by atoms with Crippen molar-refractivity contribution in [2.24, 2.45) is 11.7 Å². The molecule has 2 N–H and O–H groups in total. The van der Waals surface area contributed by atoms with Crippen molar-refractivity contribution < 1.29 is 0 Å². The van der Waals surface area contributed by atoms with Crippen LogP contribution in [0.5, 0.6) is 0 Å². The van der Waals surface area contributed by atoms with Gasteiger partial charge in [0.15, 0.2) is 0 Å². The van der Waals surface area contributed by atoms with Crippen LogP contribution in [0.25, 0.3) is 0 Å². The van der Waals surface area contributed by atoms with Crippen LogP contribution in [0, 0.1) is 5.92 Å². The Bertz CT molecular complexity index is 130. The minimum Gasteiger partial charge on any atom is -0.328 e. The van der Waals surface area contributed by atoms with Crippen LogP contribution in [0.3, 0.4) is 0 Å². The molecule has 90 valence electrons. The number of rotatable bonds is 1. The largest absolute Gasteiger partial charge is 0.328 e. The summed E-state index contributed by atoms with van der Waals surface area (Å²) in [5, 5.41) is 0. The first kappa shape index (κ1) is 13.0. The molecule has 1 fully saturated rings. The van der Waals surface area contributed by atoms with Gasteiger partial charge in [-0.1, -0.05) is 57.8 Å². The second-order valence-corrected chi connectivity index (χ2v) is 5.38. The van der Waals surface area contributed by atoms with E-state index in [0.717, 1.165) is 5.92 Å². The molecule has 0 aliphatic heterocycles. The molecule has 1 nitrogen and oxygen atoms in total. The molecule has 0 radical (unpaired) electrons. The molecule has 1 atom stereocenters. The molecular formula is C14H29N. The van der Waals surface area contributed by atoms with Gasteiger partial charge in [-0.3, -0.25) is 0 Å². The first-order chi connectivity index (χ1) is 7.30. The standard InChI is InChI=1S/C14H29N/c1-13(15)14-11-9-7-5-3-2-4-6-8-10-12-14/h13-14H,2-12,15H2,1H3. The van der Waals surface area contributed by atoms with Crippen LogP contribution in [0.1, 0.15) is 77.6 Å². The molecule has 0 saturated heterocycles. The minimum absolute atomic E-state index is 0.410. The van der Waals surface area contributed by atoms with E-state index in [2.05, 4.69) is 6.92 Å². The number of hydrogen-bond donors (Lipinski definition) is 1. The molecule has 0 aromatic rings. The molecule has 1 unspecified atom stereocenters. The van der Waals surface area contributed by atoms with Crippen molar-refractivity contribution >= 4 is 0 Å². The van der Waals surface area contributed by atoms with Crippen molar-refractivity contribution in [2.45, 2.75) is 83.6 Å². The SMILES string of the molecule is CC(N)C1CCCCCCCCCCC1. The highest BCUT2D eigenvalue weighted by Gasteiger charge is 2.13. The zero-order valence-corrected chi connectivity index (χ0v) is 10.5. The van der Waals surface area contributed by atoms with Gasteiger partial charge in [-0.2, -0.15) is 0 Å². The first-order valence-corrected chi connectivity index (χ1v) is 7.06. The normalized spacial score (nSPS) is 25.2. The molecule has 0 spiro atoms. The summed E-state index contributed by atoms with van der Waals surface area (Å²) in [7, 11) is 0. The second kappa shape index (κ2) is 8.15. The van der Waals surface area contributed by atoms with E-state index in [1.807, 2.05) is 0 Å². The van der Waals surface area contributed by atoms with Gasteiger partial charge in [0.1, 0.15) is 0 Å². The summed E-state index contributed by atoms with van der Waals surface area (Å²) in [5.41, 5.74) is 6.05. The van der Waals surface area contributed by atoms with Gasteiger partial charge >= 0.3 is 0 Å². The summed E-state index contributed by atoms with van der Waals surface area (Å²) in [6.07, 6.45) is 15.7. The lowest BCUT2D eigenvalue weighted by molar-refractivity contribution is 0.350. The summed E-state index contributed by atoms with van der Waals surface area (Å²) >= 11 is 0. The molecular weight excluding hydrogens is 182 g/mol. The third-order valence-corrected chi connectivity index (χ3v) is 3.89. The average Bonchev–Trinajstić information content (AvgIpc) is 2.18. The Morgan fingerprint density at radius 3 is 1.40 bits per heavy atom. The van der Waals surface area contributed by atoms with Crippen molar-refractivity contribution in [3.8, 4) is 0 Å². The predicted octanol–water partition coefficient (Wildman–Crippen LogP) is 4.25. The van der Waals surface area contributed by atoms with Gasteiger partial charge in [0.25, 0.3) is 0 Å². The predicted molar refractivity (Wildman–Crippen MR) is 67.9 cm³/mol. The van der Waals surface area contributed by atoms with Crippen LogP contribution >= 0.6 is 0 Å². The molecule has 0 heterocycles. The van der Waals surface area contributed by atoms with E-state index in [9.17, 15) is 0 Å². The Morgan fingerprint density at radius 1 is 0.733 bits per heavy atom. The van der Waals surface area contributed by atoms with Crippen LogP contribution in [-0.4, -0.2) is 6.04 Å². The van der Waals surface area contributed by atoms with E-state index in [0.29, 0.717) is 6.04 Å². The van der Waals surface area contributed by atoms with Crippen molar-refractivity contribution in [3.05, 3.63) is 0 Å². The lowest BCUT2D eigenvalue weighted by Gasteiger charge is -2.21. The lowest BCUT2D eigenvalue weighted by atomic mass is 9.88. The van der Waals surface area contributed by atoms with Crippen molar-refractivity contribution in [1.29, 1.82) is 0 Å². The number of hydrogen-bond acceptors (Lipinski definition) is 1. The van der Waals surface area contributed by atoms with Crippen LogP contribution in [0.15, 0.2) is 0 Å².